The van der Waals surface area contributed by atoms with Gasteiger partial charge < -0.3 is 10.1 Å². The number of amides is 1. The van der Waals surface area contributed by atoms with Crippen molar-refractivity contribution in [2.45, 2.75) is 18.7 Å². The first-order valence-corrected chi connectivity index (χ1v) is 11.0. The van der Waals surface area contributed by atoms with Crippen LogP contribution in [-0.4, -0.2) is 20.9 Å². The van der Waals surface area contributed by atoms with Crippen LogP contribution in [0.4, 0.5) is 11.4 Å². The van der Waals surface area contributed by atoms with Gasteiger partial charge in [-0.2, -0.15) is 0 Å². The third kappa shape index (κ3) is 5.52. The van der Waals surface area contributed by atoms with Crippen molar-refractivity contribution in [1.29, 1.82) is 0 Å². The highest BCUT2D eigenvalue weighted by molar-refractivity contribution is 7.92. The van der Waals surface area contributed by atoms with Gasteiger partial charge in [-0.1, -0.05) is 35.9 Å². The second-order valence-electron chi connectivity index (χ2n) is 6.69. The molecule has 1 amide bonds. The fourth-order valence-corrected chi connectivity index (χ4v) is 4.05. The number of carbonyl (C=O) groups excluding carboxylic acids is 1. The molecule has 2 N–H and O–H groups in total. The van der Waals surface area contributed by atoms with Crippen molar-refractivity contribution in [1.82, 2.24) is 0 Å². The summed E-state index contributed by atoms with van der Waals surface area (Å²) in [6.45, 7) is 3.36. The highest BCUT2D eigenvalue weighted by atomic mass is 35.5. The summed E-state index contributed by atoms with van der Waals surface area (Å²) in [4.78, 5) is 12.3. The molecule has 0 spiro atoms. The van der Waals surface area contributed by atoms with E-state index in [1.807, 2.05) is 13.0 Å². The molecule has 156 valence electrons. The molecule has 0 unspecified atom stereocenters. The zero-order valence-corrected chi connectivity index (χ0v) is 18.0. The van der Waals surface area contributed by atoms with Crippen LogP contribution in [-0.2, 0) is 14.8 Å². The Hall–Kier alpha value is -3.03. The van der Waals surface area contributed by atoms with Gasteiger partial charge in [0.1, 0.15) is 5.75 Å². The molecule has 3 aromatic rings. The first kappa shape index (κ1) is 21.7. The summed E-state index contributed by atoms with van der Waals surface area (Å²) in [7, 11) is -3.73. The smallest absolute Gasteiger partial charge is 0.262 e. The van der Waals surface area contributed by atoms with Crippen molar-refractivity contribution < 1.29 is 17.9 Å². The summed E-state index contributed by atoms with van der Waals surface area (Å²) in [6, 6.07) is 18.3. The predicted octanol–water partition coefficient (Wildman–Crippen LogP) is 4.78. The SMILES string of the molecule is Cc1ccc(Cl)cc1NC(=O)COc1ccc(S(=O)(=O)Nc2ccccc2)cc1C. The summed E-state index contributed by atoms with van der Waals surface area (Å²) >= 11 is 5.96. The Balaban J connectivity index is 1.65. The molecule has 0 aromatic heterocycles. The average Bonchev–Trinajstić information content (AvgIpc) is 2.70. The van der Waals surface area contributed by atoms with Gasteiger partial charge in [0.15, 0.2) is 6.61 Å². The predicted molar refractivity (Wildman–Crippen MR) is 119 cm³/mol. The zero-order chi connectivity index (χ0) is 21.7. The third-order valence-corrected chi connectivity index (χ3v) is 5.93. The van der Waals surface area contributed by atoms with Crippen molar-refractivity contribution in [3.05, 3.63) is 82.9 Å². The summed E-state index contributed by atoms with van der Waals surface area (Å²) in [6.07, 6.45) is 0. The van der Waals surface area contributed by atoms with E-state index in [0.717, 1.165) is 5.56 Å². The third-order valence-electron chi connectivity index (χ3n) is 4.32. The molecule has 3 aromatic carbocycles. The van der Waals surface area contributed by atoms with Gasteiger partial charge in [0.2, 0.25) is 0 Å². The second-order valence-corrected chi connectivity index (χ2v) is 8.81. The monoisotopic (exact) mass is 444 g/mol. The van der Waals surface area contributed by atoms with Gasteiger partial charge in [-0.05, 0) is 67.4 Å². The molecule has 6 nitrogen and oxygen atoms in total. The lowest BCUT2D eigenvalue weighted by Crippen LogP contribution is -2.21. The van der Waals surface area contributed by atoms with E-state index in [1.165, 1.54) is 18.2 Å². The van der Waals surface area contributed by atoms with E-state index in [-0.39, 0.29) is 17.4 Å². The van der Waals surface area contributed by atoms with Crippen molar-refractivity contribution >= 4 is 38.9 Å². The lowest BCUT2D eigenvalue weighted by Gasteiger charge is -2.13. The Morgan fingerprint density at radius 1 is 0.967 bits per heavy atom. The van der Waals surface area contributed by atoms with E-state index in [1.54, 1.807) is 49.4 Å². The molecule has 8 heteroatoms. The minimum Gasteiger partial charge on any atom is -0.483 e. The molecular formula is C22H21ClN2O4S. The Bertz CT molecular complexity index is 1170. The topological polar surface area (TPSA) is 84.5 Å². The van der Waals surface area contributed by atoms with Crippen LogP contribution in [0.1, 0.15) is 11.1 Å². The number of hydrogen-bond donors (Lipinski definition) is 2. The first-order chi connectivity index (χ1) is 14.2. The van der Waals surface area contributed by atoms with Crippen molar-refractivity contribution in [3.63, 3.8) is 0 Å². The number of halogens is 1. The molecule has 0 heterocycles. The Morgan fingerprint density at radius 2 is 1.70 bits per heavy atom. The van der Waals surface area contributed by atoms with Crippen LogP contribution in [0.2, 0.25) is 5.02 Å². The van der Waals surface area contributed by atoms with Crippen molar-refractivity contribution in [3.8, 4) is 5.75 Å². The number of anilines is 2. The molecule has 0 fully saturated rings. The highest BCUT2D eigenvalue weighted by Gasteiger charge is 2.16. The lowest BCUT2D eigenvalue weighted by atomic mass is 10.2. The van der Waals surface area contributed by atoms with Gasteiger partial charge in [0.05, 0.1) is 4.90 Å². The van der Waals surface area contributed by atoms with Crippen LogP contribution in [0.3, 0.4) is 0 Å². The van der Waals surface area contributed by atoms with Gasteiger partial charge in [-0.25, -0.2) is 8.42 Å². The Kier molecular flexibility index (Phi) is 6.64. The lowest BCUT2D eigenvalue weighted by molar-refractivity contribution is -0.118. The number of sulfonamides is 1. The van der Waals surface area contributed by atoms with Crippen LogP contribution in [0, 0.1) is 13.8 Å². The molecule has 30 heavy (non-hydrogen) atoms. The number of hydrogen-bond acceptors (Lipinski definition) is 4. The molecule has 0 saturated carbocycles. The van der Waals surface area contributed by atoms with Crippen LogP contribution < -0.4 is 14.8 Å². The molecule has 0 radical (unpaired) electrons. The number of ether oxygens (including phenoxy) is 1. The molecule has 0 aliphatic carbocycles. The van der Waals surface area contributed by atoms with E-state index in [2.05, 4.69) is 10.0 Å². The number of para-hydroxylation sites is 1. The van der Waals surface area contributed by atoms with E-state index in [4.69, 9.17) is 16.3 Å². The van der Waals surface area contributed by atoms with Crippen LogP contribution in [0.15, 0.2) is 71.6 Å². The van der Waals surface area contributed by atoms with Gasteiger partial charge in [-0.15, -0.1) is 0 Å². The van der Waals surface area contributed by atoms with Crippen LogP contribution in [0.25, 0.3) is 0 Å². The van der Waals surface area contributed by atoms with Gasteiger partial charge >= 0.3 is 0 Å². The first-order valence-electron chi connectivity index (χ1n) is 9.12. The number of aryl methyl sites for hydroxylation is 2. The molecule has 0 bridgehead atoms. The minimum atomic E-state index is -3.73. The summed E-state index contributed by atoms with van der Waals surface area (Å²) in [5, 5.41) is 3.27. The van der Waals surface area contributed by atoms with E-state index in [0.29, 0.717) is 27.7 Å². The normalized spacial score (nSPS) is 11.0. The van der Waals surface area contributed by atoms with Crippen LogP contribution >= 0.6 is 11.6 Å². The maximum Gasteiger partial charge on any atom is 0.262 e. The summed E-state index contributed by atoms with van der Waals surface area (Å²) < 4.78 is 33.2. The minimum absolute atomic E-state index is 0.107. The molecule has 3 rings (SSSR count). The highest BCUT2D eigenvalue weighted by Crippen LogP contribution is 2.24. The number of rotatable bonds is 7. The van der Waals surface area contributed by atoms with Crippen molar-refractivity contribution in [2.75, 3.05) is 16.6 Å². The average molecular weight is 445 g/mol. The van der Waals surface area contributed by atoms with Crippen molar-refractivity contribution in [2.24, 2.45) is 0 Å². The van der Waals surface area contributed by atoms with Crippen LogP contribution in [0.5, 0.6) is 5.75 Å². The molecule has 0 saturated heterocycles. The van der Waals surface area contributed by atoms with E-state index in [9.17, 15) is 13.2 Å². The molecule has 0 aliphatic rings. The largest absolute Gasteiger partial charge is 0.483 e. The number of nitrogens with one attached hydrogen (secondary N) is 2. The maximum atomic E-state index is 12.6. The fourth-order valence-electron chi connectivity index (χ4n) is 2.73. The Labute approximate surface area is 180 Å². The Morgan fingerprint density at radius 3 is 2.40 bits per heavy atom. The summed E-state index contributed by atoms with van der Waals surface area (Å²) in [5.74, 6) is 0.0776. The summed E-state index contributed by atoms with van der Waals surface area (Å²) in [5.41, 5.74) is 2.56. The number of carbonyl (C=O) groups is 1. The standard InChI is InChI=1S/C22H21ClN2O4S/c1-15-8-9-17(23)13-20(15)24-22(26)14-29-21-11-10-19(12-16(21)2)30(27,28)25-18-6-4-3-5-7-18/h3-13,25H,14H2,1-2H3,(H,24,26). The van der Waals surface area contributed by atoms with Gasteiger partial charge in [0.25, 0.3) is 15.9 Å². The fraction of sp³-hybridized carbons (Fsp3) is 0.136. The van der Waals surface area contributed by atoms with Gasteiger partial charge in [0, 0.05) is 16.4 Å². The van der Waals surface area contributed by atoms with E-state index < -0.39 is 10.0 Å². The van der Waals surface area contributed by atoms with Gasteiger partial charge in [-0.3, -0.25) is 9.52 Å². The number of benzene rings is 3. The second kappa shape index (κ2) is 9.19. The zero-order valence-electron chi connectivity index (χ0n) is 16.5. The quantitative estimate of drug-likeness (QED) is 0.549. The van der Waals surface area contributed by atoms with E-state index >= 15 is 0 Å². The molecular weight excluding hydrogens is 424 g/mol. The maximum absolute atomic E-state index is 12.6. The molecule has 0 atom stereocenters. The molecule has 0 aliphatic heterocycles.